The van der Waals surface area contributed by atoms with Gasteiger partial charge in [0.25, 0.3) is 0 Å². The first-order valence-corrected chi connectivity index (χ1v) is 20.5. The first-order chi connectivity index (χ1) is 28.3. The number of halogens is 7. The third-order valence-corrected chi connectivity index (χ3v) is 10.1. The maximum Gasteiger partial charge on any atom is 0.159 e. The molecular formula is C52H47BrF6. The average molecular weight is 866 g/mol. The maximum absolute atomic E-state index is 14.5. The highest BCUT2D eigenvalue weighted by Gasteiger charge is 2.11. The van der Waals surface area contributed by atoms with Gasteiger partial charge in [-0.05, 0) is 134 Å². The second-order valence-corrected chi connectivity index (χ2v) is 15.1. The average Bonchev–Trinajstić information content (AvgIpc) is 3.21. The lowest BCUT2D eigenvalue weighted by molar-refractivity contribution is 0.509. The zero-order valence-corrected chi connectivity index (χ0v) is 35.4. The smallest absolute Gasteiger partial charge is 0.159 e. The molecule has 0 nitrogen and oxygen atoms in total. The molecule has 0 saturated carbocycles. The molecule has 304 valence electrons. The molecule has 0 atom stereocenters. The molecule has 0 bridgehead atoms. The Balaban J connectivity index is 0.000000216. The number of aryl methyl sites for hydroxylation is 4. The minimum Gasteiger partial charge on any atom is -0.206 e. The predicted octanol–water partition coefficient (Wildman–Crippen LogP) is 15.5. The monoisotopic (exact) mass is 864 g/mol. The van der Waals surface area contributed by atoms with Crippen molar-refractivity contribution in [1.82, 2.24) is 0 Å². The van der Waals surface area contributed by atoms with E-state index in [0.29, 0.717) is 15.6 Å². The van der Waals surface area contributed by atoms with E-state index < -0.39 is 34.9 Å². The molecule has 0 unspecified atom stereocenters. The van der Waals surface area contributed by atoms with Crippen LogP contribution < -0.4 is 0 Å². The Kier molecular flexibility index (Phi) is 18.2. The number of terminal acetylenes is 1. The summed E-state index contributed by atoms with van der Waals surface area (Å²) in [5.41, 5.74) is 8.55. The van der Waals surface area contributed by atoms with Crippen molar-refractivity contribution < 1.29 is 26.3 Å². The van der Waals surface area contributed by atoms with E-state index in [1.54, 1.807) is 12.1 Å². The van der Waals surface area contributed by atoms with Crippen LogP contribution in [0.4, 0.5) is 26.3 Å². The minimum absolute atomic E-state index is 0.210. The molecule has 0 heterocycles. The summed E-state index contributed by atoms with van der Waals surface area (Å²) in [5, 5.41) is 0. The van der Waals surface area contributed by atoms with Crippen molar-refractivity contribution >= 4 is 15.9 Å². The van der Waals surface area contributed by atoms with Gasteiger partial charge in [-0.3, -0.25) is 0 Å². The van der Waals surface area contributed by atoms with Crippen LogP contribution in [-0.2, 0) is 12.8 Å². The molecule has 59 heavy (non-hydrogen) atoms. The first kappa shape index (κ1) is 46.2. The quantitative estimate of drug-likeness (QED) is 0.0731. The molecule has 0 N–H and O–H groups in total. The summed E-state index contributed by atoms with van der Waals surface area (Å²) in [4.78, 5) is 0. The van der Waals surface area contributed by atoms with Crippen LogP contribution in [0.2, 0.25) is 0 Å². The van der Waals surface area contributed by atoms with Gasteiger partial charge in [0.2, 0.25) is 0 Å². The standard InChI is InChI=1S/C26H23F3.C14H18.C12H6BrF3/c1-3-4-5-6-19-7-10-21(18(2)15-19)11-8-20-9-13-23(25(28)16-20)22-12-14-24(27)26(29)17-22;1-4-6-7-8-13-9-10-14(5-2)12(3)11-13;13-8-2-3-9(11(15)6-8)7-1-4-10(14)12(16)5-7/h7,9-10,12-17H,3-6H2,1-2H3;2,9-11H,4,6-8H2,1,3H3;1-6H. The Morgan fingerprint density at radius 2 is 0.966 bits per heavy atom. The molecule has 0 fully saturated rings. The lowest BCUT2D eigenvalue weighted by atomic mass is 10.0. The minimum atomic E-state index is -1.00. The van der Waals surface area contributed by atoms with Gasteiger partial charge in [-0.25, -0.2) is 26.3 Å². The van der Waals surface area contributed by atoms with Gasteiger partial charge < -0.3 is 0 Å². The second kappa shape index (κ2) is 23.2. The van der Waals surface area contributed by atoms with Gasteiger partial charge in [0.05, 0.1) is 0 Å². The van der Waals surface area contributed by atoms with Gasteiger partial charge >= 0.3 is 0 Å². The Labute approximate surface area is 353 Å². The van der Waals surface area contributed by atoms with Crippen molar-refractivity contribution in [2.24, 2.45) is 0 Å². The molecule has 0 amide bonds. The van der Waals surface area contributed by atoms with Gasteiger partial charge in [-0.1, -0.05) is 122 Å². The molecule has 0 radical (unpaired) electrons. The van der Waals surface area contributed by atoms with Crippen LogP contribution >= 0.6 is 15.9 Å². The number of rotatable bonds is 10. The lowest BCUT2D eigenvalue weighted by Gasteiger charge is -2.05. The highest BCUT2D eigenvalue weighted by atomic mass is 79.9. The van der Waals surface area contributed by atoms with Crippen LogP contribution in [-0.4, -0.2) is 0 Å². The summed E-state index contributed by atoms with van der Waals surface area (Å²) >= 11 is 3.12. The molecule has 0 saturated heterocycles. The largest absolute Gasteiger partial charge is 0.206 e. The molecule has 0 aromatic heterocycles. The third-order valence-electron chi connectivity index (χ3n) is 9.58. The zero-order chi connectivity index (χ0) is 42.9. The summed E-state index contributed by atoms with van der Waals surface area (Å²) in [6.07, 6.45) is 15.1. The molecule has 7 heteroatoms. The van der Waals surface area contributed by atoms with Crippen molar-refractivity contribution in [2.75, 3.05) is 0 Å². The van der Waals surface area contributed by atoms with E-state index in [9.17, 15) is 26.3 Å². The van der Waals surface area contributed by atoms with Crippen LogP contribution in [0.25, 0.3) is 22.3 Å². The fourth-order valence-electron chi connectivity index (χ4n) is 6.24. The first-order valence-electron chi connectivity index (χ1n) is 19.7. The van der Waals surface area contributed by atoms with E-state index in [0.717, 1.165) is 47.4 Å². The second-order valence-electron chi connectivity index (χ2n) is 14.2. The fourth-order valence-corrected chi connectivity index (χ4v) is 6.57. The SMILES string of the molecule is C#Cc1ccc(CCCCC)cc1C.CCCCCc1ccc(C#Cc2ccc(-c3ccc(F)c(F)c3)c(F)c2)c(C)c1.Fc1ccc(-c2ccc(Br)cc2F)cc1F. The molecule has 6 aromatic carbocycles. The highest BCUT2D eigenvalue weighted by molar-refractivity contribution is 9.10. The molecule has 6 aromatic rings. The summed E-state index contributed by atoms with van der Waals surface area (Å²) in [7, 11) is 0. The van der Waals surface area contributed by atoms with Gasteiger partial charge in [0.15, 0.2) is 23.3 Å². The van der Waals surface area contributed by atoms with Gasteiger partial charge in [-0.2, -0.15) is 0 Å². The van der Waals surface area contributed by atoms with Crippen molar-refractivity contribution in [3.63, 3.8) is 0 Å². The van der Waals surface area contributed by atoms with Gasteiger partial charge in [0.1, 0.15) is 11.6 Å². The van der Waals surface area contributed by atoms with Crippen LogP contribution in [0.1, 0.15) is 91.3 Å². The number of hydrogen-bond donors (Lipinski definition) is 0. The van der Waals surface area contributed by atoms with Crippen LogP contribution in [0.3, 0.4) is 0 Å². The summed E-state index contributed by atoms with van der Waals surface area (Å²) in [5.74, 6) is 3.89. The Morgan fingerprint density at radius 3 is 1.41 bits per heavy atom. The fraction of sp³-hybridized carbons (Fsp3) is 0.231. The normalized spacial score (nSPS) is 10.3. The zero-order valence-electron chi connectivity index (χ0n) is 33.8. The highest BCUT2D eigenvalue weighted by Crippen LogP contribution is 2.27. The third kappa shape index (κ3) is 14.1. The van der Waals surface area contributed by atoms with E-state index in [4.69, 9.17) is 6.42 Å². The summed E-state index contributed by atoms with van der Waals surface area (Å²) in [6.45, 7) is 8.53. The van der Waals surface area contributed by atoms with E-state index in [1.807, 2.05) is 13.0 Å². The van der Waals surface area contributed by atoms with E-state index in [-0.39, 0.29) is 16.7 Å². The number of benzene rings is 6. The Hall–Kier alpha value is -5.50. The Bertz CT molecular complexity index is 2450. The number of hydrogen-bond acceptors (Lipinski definition) is 0. The van der Waals surface area contributed by atoms with Crippen molar-refractivity contribution in [1.29, 1.82) is 0 Å². The molecule has 0 aliphatic carbocycles. The molecule has 0 aliphatic heterocycles. The molecule has 6 rings (SSSR count). The lowest BCUT2D eigenvalue weighted by Crippen LogP contribution is -1.91. The number of unbranched alkanes of at least 4 members (excludes halogenated alkanes) is 4. The van der Waals surface area contributed by atoms with E-state index in [1.165, 1.54) is 98.0 Å². The molecule has 0 aliphatic rings. The van der Waals surface area contributed by atoms with Crippen molar-refractivity contribution in [3.8, 4) is 46.4 Å². The Morgan fingerprint density at radius 1 is 0.475 bits per heavy atom. The van der Waals surface area contributed by atoms with Crippen molar-refractivity contribution in [2.45, 2.75) is 79.1 Å². The van der Waals surface area contributed by atoms with E-state index in [2.05, 4.69) is 84.8 Å². The predicted molar refractivity (Wildman–Crippen MR) is 234 cm³/mol. The van der Waals surface area contributed by atoms with Gasteiger partial charge in [0, 0.05) is 32.3 Å². The van der Waals surface area contributed by atoms with E-state index >= 15 is 0 Å². The van der Waals surface area contributed by atoms with Crippen LogP contribution in [0.15, 0.2) is 114 Å². The van der Waals surface area contributed by atoms with Crippen LogP contribution in [0, 0.1) is 72.9 Å². The molecule has 0 spiro atoms. The molecular weight excluding hydrogens is 818 g/mol. The van der Waals surface area contributed by atoms with Gasteiger partial charge in [-0.15, -0.1) is 6.42 Å². The van der Waals surface area contributed by atoms with Crippen molar-refractivity contribution in [3.05, 3.63) is 188 Å². The summed E-state index contributed by atoms with van der Waals surface area (Å²) < 4.78 is 80.8. The van der Waals surface area contributed by atoms with Crippen LogP contribution in [0.5, 0.6) is 0 Å². The maximum atomic E-state index is 14.5. The topological polar surface area (TPSA) is 0 Å². The summed E-state index contributed by atoms with van der Waals surface area (Å²) in [6, 6.07) is 28.3.